The van der Waals surface area contributed by atoms with Crippen LogP contribution in [0.1, 0.15) is 5.56 Å². The number of hydrogen-bond acceptors (Lipinski definition) is 2. The molecule has 0 fully saturated rings. The van der Waals surface area contributed by atoms with Crippen LogP contribution in [0.15, 0.2) is 12.5 Å². The third kappa shape index (κ3) is 1.46. The summed E-state index contributed by atoms with van der Waals surface area (Å²) in [5.41, 5.74) is 2.36. The quantitative estimate of drug-likeness (QED) is 0.537. The van der Waals surface area contributed by atoms with Crippen molar-refractivity contribution in [1.29, 1.82) is 0 Å². The number of rotatable bonds is 1. The summed E-state index contributed by atoms with van der Waals surface area (Å²) in [6.07, 6.45) is 3.44. The SMILES string of the molecule is CPc1ncncc1C. The van der Waals surface area contributed by atoms with Crippen molar-refractivity contribution in [2.75, 3.05) is 6.66 Å². The molecule has 2 nitrogen and oxygen atoms in total. The fraction of sp³-hybridized carbons (Fsp3) is 0.333. The molecule has 0 amide bonds. The van der Waals surface area contributed by atoms with Crippen LogP contribution in [-0.4, -0.2) is 16.6 Å². The van der Waals surface area contributed by atoms with E-state index >= 15 is 0 Å². The van der Waals surface area contributed by atoms with Gasteiger partial charge < -0.3 is 0 Å². The number of hydrogen-bond donors (Lipinski definition) is 0. The molecule has 0 aromatic carbocycles. The Morgan fingerprint density at radius 1 is 1.56 bits per heavy atom. The van der Waals surface area contributed by atoms with Gasteiger partial charge in [0.1, 0.15) is 6.33 Å². The second kappa shape index (κ2) is 2.88. The Balaban J connectivity index is 3.01. The summed E-state index contributed by atoms with van der Waals surface area (Å²) >= 11 is 0. The van der Waals surface area contributed by atoms with Gasteiger partial charge >= 0.3 is 0 Å². The molecule has 0 aliphatic heterocycles. The second-order valence-corrected chi connectivity index (χ2v) is 2.78. The molecule has 0 radical (unpaired) electrons. The highest BCUT2D eigenvalue weighted by Crippen LogP contribution is 2.02. The highest BCUT2D eigenvalue weighted by Gasteiger charge is 1.92. The monoisotopic (exact) mass is 140 g/mol. The summed E-state index contributed by atoms with van der Waals surface area (Å²) in [6, 6.07) is 0. The van der Waals surface area contributed by atoms with Crippen molar-refractivity contribution in [3.8, 4) is 0 Å². The Morgan fingerprint density at radius 3 is 2.78 bits per heavy atom. The van der Waals surface area contributed by atoms with E-state index in [1.807, 2.05) is 13.1 Å². The van der Waals surface area contributed by atoms with Gasteiger partial charge in [-0.3, -0.25) is 0 Å². The van der Waals surface area contributed by atoms with Crippen LogP contribution in [0.2, 0.25) is 0 Å². The van der Waals surface area contributed by atoms with Crippen LogP contribution in [0.25, 0.3) is 0 Å². The van der Waals surface area contributed by atoms with Crippen molar-refractivity contribution in [3.63, 3.8) is 0 Å². The van der Waals surface area contributed by atoms with Crippen molar-refractivity contribution in [2.24, 2.45) is 0 Å². The standard InChI is InChI=1S/C6H9N2P/c1-5-3-7-4-8-6(5)9-2/h3-4,9H,1-2H3. The van der Waals surface area contributed by atoms with E-state index in [0.29, 0.717) is 0 Å². The lowest BCUT2D eigenvalue weighted by Crippen LogP contribution is -2.04. The Hall–Kier alpha value is -0.490. The van der Waals surface area contributed by atoms with Gasteiger partial charge in [-0.25, -0.2) is 9.97 Å². The Labute approximate surface area is 56.5 Å². The van der Waals surface area contributed by atoms with Gasteiger partial charge in [0.05, 0.1) is 5.44 Å². The predicted molar refractivity (Wildman–Crippen MR) is 40.6 cm³/mol. The highest BCUT2D eigenvalue weighted by atomic mass is 31.1. The molecule has 0 aliphatic carbocycles. The van der Waals surface area contributed by atoms with Gasteiger partial charge in [0.15, 0.2) is 0 Å². The normalized spacial score (nSPS) is 10.9. The lowest BCUT2D eigenvalue weighted by molar-refractivity contribution is 1.16. The average Bonchev–Trinajstić information content (AvgIpc) is 1.89. The minimum absolute atomic E-state index is 0.778. The molecule has 1 heterocycles. The zero-order valence-corrected chi connectivity index (χ0v) is 6.55. The van der Waals surface area contributed by atoms with E-state index < -0.39 is 0 Å². The second-order valence-electron chi connectivity index (χ2n) is 1.80. The van der Waals surface area contributed by atoms with Crippen molar-refractivity contribution in [3.05, 3.63) is 18.1 Å². The van der Waals surface area contributed by atoms with E-state index in [-0.39, 0.29) is 0 Å². The van der Waals surface area contributed by atoms with Crippen molar-refractivity contribution in [2.45, 2.75) is 6.92 Å². The highest BCUT2D eigenvalue weighted by molar-refractivity contribution is 7.46. The topological polar surface area (TPSA) is 25.8 Å². The van der Waals surface area contributed by atoms with Gasteiger partial charge in [0, 0.05) is 6.20 Å². The van der Waals surface area contributed by atoms with Crippen molar-refractivity contribution >= 4 is 14.0 Å². The largest absolute Gasteiger partial charge is 0.245 e. The fourth-order valence-electron chi connectivity index (χ4n) is 0.661. The maximum absolute atomic E-state index is 4.10. The van der Waals surface area contributed by atoms with E-state index in [0.717, 1.165) is 8.58 Å². The molecule has 1 aromatic rings. The molecule has 9 heavy (non-hydrogen) atoms. The zero-order valence-electron chi connectivity index (χ0n) is 5.55. The molecular formula is C6H9N2P. The van der Waals surface area contributed by atoms with E-state index in [2.05, 4.69) is 16.6 Å². The first-order valence-corrected chi connectivity index (χ1v) is 4.29. The Morgan fingerprint density at radius 2 is 2.33 bits per heavy atom. The number of aryl methyl sites for hydroxylation is 1. The van der Waals surface area contributed by atoms with E-state index in [1.165, 1.54) is 11.0 Å². The summed E-state index contributed by atoms with van der Waals surface area (Å²) in [7, 11) is 0.778. The minimum atomic E-state index is 0.778. The average molecular weight is 140 g/mol. The van der Waals surface area contributed by atoms with Crippen molar-refractivity contribution in [1.82, 2.24) is 9.97 Å². The smallest absolute Gasteiger partial charge is 0.116 e. The molecule has 0 saturated carbocycles. The molecule has 0 N–H and O–H groups in total. The zero-order chi connectivity index (χ0) is 6.69. The maximum Gasteiger partial charge on any atom is 0.116 e. The van der Waals surface area contributed by atoms with E-state index in [4.69, 9.17) is 0 Å². The third-order valence-corrected chi connectivity index (χ3v) is 2.13. The van der Waals surface area contributed by atoms with Gasteiger partial charge in [-0.2, -0.15) is 0 Å². The van der Waals surface area contributed by atoms with Gasteiger partial charge in [0.2, 0.25) is 0 Å². The van der Waals surface area contributed by atoms with Crippen LogP contribution in [0, 0.1) is 6.92 Å². The van der Waals surface area contributed by atoms with Crippen molar-refractivity contribution < 1.29 is 0 Å². The predicted octanol–water partition coefficient (Wildman–Crippen LogP) is 0.719. The van der Waals surface area contributed by atoms with Crippen LogP contribution in [0.3, 0.4) is 0 Å². The molecule has 0 spiro atoms. The van der Waals surface area contributed by atoms with Crippen LogP contribution < -0.4 is 5.44 Å². The summed E-state index contributed by atoms with van der Waals surface area (Å²) in [5.74, 6) is 0. The van der Waals surface area contributed by atoms with Gasteiger partial charge in [0.25, 0.3) is 0 Å². The van der Waals surface area contributed by atoms with E-state index in [1.54, 1.807) is 6.33 Å². The molecule has 0 saturated heterocycles. The molecular weight excluding hydrogens is 131 g/mol. The Kier molecular flexibility index (Phi) is 2.12. The molecule has 1 rings (SSSR count). The minimum Gasteiger partial charge on any atom is -0.245 e. The molecule has 0 bridgehead atoms. The number of aromatic nitrogens is 2. The first kappa shape index (κ1) is 6.63. The van der Waals surface area contributed by atoms with Gasteiger partial charge in [-0.15, -0.1) is 0 Å². The fourth-order valence-corrected chi connectivity index (χ4v) is 1.31. The summed E-state index contributed by atoms with van der Waals surface area (Å²) in [6.45, 7) is 4.15. The molecule has 1 unspecified atom stereocenters. The molecule has 48 valence electrons. The van der Waals surface area contributed by atoms with Crippen LogP contribution >= 0.6 is 8.58 Å². The third-order valence-electron chi connectivity index (χ3n) is 1.13. The molecule has 0 aliphatic rings. The molecule has 1 aromatic heterocycles. The van der Waals surface area contributed by atoms with Gasteiger partial charge in [-0.05, 0) is 19.2 Å². The maximum atomic E-state index is 4.10. The first-order chi connectivity index (χ1) is 4.34. The lowest BCUT2D eigenvalue weighted by atomic mass is 10.4. The van der Waals surface area contributed by atoms with Crippen LogP contribution in [-0.2, 0) is 0 Å². The first-order valence-electron chi connectivity index (χ1n) is 2.79. The van der Waals surface area contributed by atoms with E-state index in [9.17, 15) is 0 Å². The van der Waals surface area contributed by atoms with Crippen LogP contribution in [0.5, 0.6) is 0 Å². The van der Waals surface area contributed by atoms with Crippen LogP contribution in [0.4, 0.5) is 0 Å². The lowest BCUT2D eigenvalue weighted by Gasteiger charge is -1.96. The Bertz CT molecular complexity index is 200. The summed E-state index contributed by atoms with van der Waals surface area (Å²) < 4.78 is 0. The summed E-state index contributed by atoms with van der Waals surface area (Å²) in [4.78, 5) is 7.98. The van der Waals surface area contributed by atoms with Gasteiger partial charge in [-0.1, -0.05) is 8.58 Å². The molecule has 1 atom stereocenters. The summed E-state index contributed by atoms with van der Waals surface area (Å²) in [5, 5.41) is 0. The molecule has 3 heteroatoms. The number of nitrogens with zero attached hydrogens (tertiary/aromatic N) is 2.